The molecule has 5 heterocycles. The van der Waals surface area contributed by atoms with Gasteiger partial charge in [-0.05, 0) is 44.7 Å². The summed E-state index contributed by atoms with van der Waals surface area (Å²) in [5.74, 6) is 1.15. The van der Waals surface area contributed by atoms with Gasteiger partial charge < -0.3 is 15.3 Å². The van der Waals surface area contributed by atoms with E-state index in [1.807, 2.05) is 24.7 Å². The first-order valence-electron chi connectivity index (χ1n) is 10.8. The molecule has 1 fully saturated rings. The van der Waals surface area contributed by atoms with Gasteiger partial charge in [0.05, 0.1) is 23.0 Å². The molecule has 0 aliphatic heterocycles. The molecule has 0 unspecified atom stereocenters. The first kappa shape index (κ1) is 19.5. The van der Waals surface area contributed by atoms with Crippen molar-refractivity contribution in [2.75, 3.05) is 5.73 Å². The van der Waals surface area contributed by atoms with E-state index in [0.717, 1.165) is 69.3 Å². The van der Waals surface area contributed by atoms with Crippen LogP contribution in [0.1, 0.15) is 37.4 Å². The summed E-state index contributed by atoms with van der Waals surface area (Å²) >= 11 is 1.64. The van der Waals surface area contributed by atoms with Gasteiger partial charge in [-0.2, -0.15) is 5.10 Å². The lowest BCUT2D eigenvalue weighted by Crippen LogP contribution is -2.22. The van der Waals surface area contributed by atoms with E-state index in [0.29, 0.717) is 17.4 Å². The first-order valence-corrected chi connectivity index (χ1v) is 11.7. The summed E-state index contributed by atoms with van der Waals surface area (Å²) in [6.07, 6.45) is 10.7. The van der Waals surface area contributed by atoms with Crippen molar-refractivity contribution in [2.45, 2.75) is 44.8 Å². The van der Waals surface area contributed by atoms with Crippen molar-refractivity contribution < 1.29 is 9.52 Å². The van der Waals surface area contributed by atoms with Crippen LogP contribution in [0.5, 0.6) is 0 Å². The third-order valence-corrected chi connectivity index (χ3v) is 7.51. The quantitative estimate of drug-likeness (QED) is 0.389. The molecule has 8 heteroatoms. The van der Waals surface area contributed by atoms with Crippen LogP contribution in [0.3, 0.4) is 0 Å². The van der Waals surface area contributed by atoms with Crippen molar-refractivity contribution in [1.82, 2.24) is 19.7 Å². The highest BCUT2D eigenvalue weighted by molar-refractivity contribution is 7.17. The Morgan fingerprint density at radius 3 is 2.78 bits per heavy atom. The number of nitrogens with zero attached hydrogens (tertiary/aromatic N) is 4. The summed E-state index contributed by atoms with van der Waals surface area (Å²) in [6.45, 7) is 2.09. The predicted molar refractivity (Wildman–Crippen MR) is 127 cm³/mol. The average molecular weight is 446 g/mol. The second kappa shape index (κ2) is 7.43. The van der Waals surface area contributed by atoms with E-state index in [1.54, 1.807) is 17.5 Å². The van der Waals surface area contributed by atoms with Gasteiger partial charge in [0.25, 0.3) is 0 Å². The lowest BCUT2D eigenvalue weighted by molar-refractivity contribution is 0.107. The van der Waals surface area contributed by atoms with E-state index in [2.05, 4.69) is 33.0 Å². The summed E-state index contributed by atoms with van der Waals surface area (Å²) in [5, 5.41) is 18.7. The summed E-state index contributed by atoms with van der Waals surface area (Å²) in [4.78, 5) is 8.63. The van der Waals surface area contributed by atoms with Gasteiger partial charge in [-0.25, -0.2) is 4.98 Å². The zero-order chi connectivity index (χ0) is 21.8. The minimum Gasteiger partial charge on any atom is -0.452 e. The van der Waals surface area contributed by atoms with Crippen molar-refractivity contribution in [3.8, 4) is 22.5 Å². The van der Waals surface area contributed by atoms with Gasteiger partial charge in [-0.3, -0.25) is 9.67 Å². The second-order valence-corrected chi connectivity index (χ2v) is 9.39. The largest absolute Gasteiger partial charge is 0.452 e. The lowest BCUT2D eigenvalue weighted by atomic mass is 9.93. The average Bonchev–Trinajstić information content (AvgIpc) is 3.52. The molecule has 32 heavy (non-hydrogen) atoms. The number of hydrogen-bond donors (Lipinski definition) is 2. The Balaban J connectivity index is 1.46. The maximum atomic E-state index is 9.85. The van der Waals surface area contributed by atoms with Gasteiger partial charge in [0.15, 0.2) is 11.4 Å². The Morgan fingerprint density at radius 2 is 1.94 bits per heavy atom. The molecule has 1 aliphatic carbocycles. The van der Waals surface area contributed by atoms with Crippen molar-refractivity contribution in [2.24, 2.45) is 0 Å². The van der Waals surface area contributed by atoms with Crippen LogP contribution in [-0.2, 0) is 0 Å². The predicted octanol–water partition coefficient (Wildman–Crippen LogP) is 5.33. The fourth-order valence-corrected chi connectivity index (χ4v) is 5.74. The summed E-state index contributed by atoms with van der Waals surface area (Å²) in [6, 6.07) is 4.37. The minimum atomic E-state index is -0.184. The van der Waals surface area contributed by atoms with Crippen molar-refractivity contribution in [3.05, 3.63) is 48.0 Å². The van der Waals surface area contributed by atoms with Crippen LogP contribution in [0.25, 0.3) is 43.5 Å². The van der Waals surface area contributed by atoms with E-state index < -0.39 is 0 Å². The van der Waals surface area contributed by atoms with Crippen LogP contribution < -0.4 is 5.73 Å². The minimum absolute atomic E-state index is 0.184. The standard InChI is InChI=1S/C24H23N5O2S/c1-13-18(10-28-29(13)14-2-4-15(30)5-3-14)19-9-27-24(25)23-17(19)8-21(31-23)20-12-32-22-11-26-7-6-16(20)22/h6-12,14-15,30H,2-5H2,1H3,(H2,25,27). The van der Waals surface area contributed by atoms with Gasteiger partial charge in [-0.15, -0.1) is 11.3 Å². The van der Waals surface area contributed by atoms with Crippen LogP contribution in [0, 0.1) is 6.92 Å². The number of thiophene rings is 1. The van der Waals surface area contributed by atoms with Crippen LogP contribution in [0.4, 0.5) is 5.82 Å². The third kappa shape index (κ3) is 3.02. The second-order valence-electron chi connectivity index (χ2n) is 8.48. The van der Waals surface area contributed by atoms with E-state index in [4.69, 9.17) is 15.2 Å². The van der Waals surface area contributed by atoms with Gasteiger partial charge in [0.2, 0.25) is 0 Å². The molecule has 5 aromatic rings. The number of aliphatic hydroxyl groups excluding tert-OH is 1. The number of fused-ring (bicyclic) bond motifs is 2. The molecule has 1 aliphatic rings. The summed E-state index contributed by atoms with van der Waals surface area (Å²) < 4.78 is 9.45. The highest BCUT2D eigenvalue weighted by atomic mass is 32.1. The van der Waals surface area contributed by atoms with Crippen molar-refractivity contribution in [1.29, 1.82) is 0 Å². The monoisotopic (exact) mass is 445 g/mol. The van der Waals surface area contributed by atoms with Crippen LogP contribution in [0.2, 0.25) is 0 Å². The van der Waals surface area contributed by atoms with Gasteiger partial charge in [0.1, 0.15) is 5.76 Å². The highest BCUT2D eigenvalue weighted by Crippen LogP contribution is 2.41. The normalized spacial score (nSPS) is 19.2. The number of aliphatic hydroxyl groups is 1. The molecule has 0 aromatic carbocycles. The van der Waals surface area contributed by atoms with Crippen LogP contribution >= 0.6 is 11.3 Å². The van der Waals surface area contributed by atoms with Gasteiger partial charge >= 0.3 is 0 Å². The number of hydrogen-bond acceptors (Lipinski definition) is 7. The maximum Gasteiger partial charge on any atom is 0.177 e. The molecule has 6 rings (SSSR count). The molecule has 5 aromatic heterocycles. The Hall–Kier alpha value is -3.23. The Labute approximate surface area is 188 Å². The SMILES string of the molecule is Cc1c(-c2cnc(N)c3oc(-c4csc5cnccc45)cc23)cnn1C1CCC(O)CC1. The third-order valence-electron chi connectivity index (χ3n) is 6.58. The summed E-state index contributed by atoms with van der Waals surface area (Å²) in [7, 11) is 0. The topological polar surface area (TPSA) is 103 Å². The number of pyridine rings is 2. The van der Waals surface area contributed by atoms with Gasteiger partial charge in [0, 0.05) is 57.1 Å². The lowest BCUT2D eigenvalue weighted by Gasteiger charge is -2.26. The Bertz CT molecular complexity index is 1440. The van der Waals surface area contributed by atoms with E-state index in [-0.39, 0.29) is 6.10 Å². The van der Waals surface area contributed by atoms with Crippen LogP contribution in [0.15, 0.2) is 46.7 Å². The Kier molecular flexibility index (Phi) is 4.51. The number of aromatic nitrogens is 4. The van der Waals surface area contributed by atoms with E-state index in [1.165, 1.54) is 0 Å². The highest BCUT2D eigenvalue weighted by Gasteiger charge is 2.25. The molecule has 1 saturated carbocycles. The molecule has 0 spiro atoms. The zero-order valence-corrected chi connectivity index (χ0v) is 18.5. The van der Waals surface area contributed by atoms with Gasteiger partial charge in [-0.1, -0.05) is 0 Å². The molecule has 0 atom stereocenters. The fraction of sp³-hybridized carbons (Fsp3) is 0.292. The molecule has 0 saturated heterocycles. The van der Waals surface area contributed by atoms with Crippen molar-refractivity contribution >= 4 is 38.2 Å². The molecule has 0 amide bonds. The molecule has 0 radical (unpaired) electrons. The Morgan fingerprint density at radius 1 is 1.09 bits per heavy atom. The number of anilines is 1. The van der Waals surface area contributed by atoms with E-state index >= 15 is 0 Å². The fourth-order valence-electron chi connectivity index (χ4n) is 4.82. The number of furan rings is 1. The molecular weight excluding hydrogens is 422 g/mol. The van der Waals surface area contributed by atoms with Crippen LogP contribution in [-0.4, -0.2) is 31.0 Å². The smallest absolute Gasteiger partial charge is 0.177 e. The number of rotatable bonds is 3. The van der Waals surface area contributed by atoms with Crippen molar-refractivity contribution in [3.63, 3.8) is 0 Å². The molecule has 162 valence electrons. The molecule has 3 N–H and O–H groups in total. The summed E-state index contributed by atoms with van der Waals surface area (Å²) in [5.41, 5.74) is 10.9. The zero-order valence-electron chi connectivity index (χ0n) is 17.7. The molecular formula is C24H23N5O2S. The maximum absolute atomic E-state index is 9.85. The molecule has 0 bridgehead atoms. The first-order chi connectivity index (χ1) is 15.6. The van der Waals surface area contributed by atoms with E-state index in [9.17, 15) is 5.11 Å². The number of nitrogen functional groups attached to an aromatic ring is 1. The molecule has 7 nitrogen and oxygen atoms in total. The number of nitrogens with two attached hydrogens (primary N) is 1.